The Morgan fingerprint density at radius 2 is 1.73 bits per heavy atom. The highest BCUT2D eigenvalue weighted by molar-refractivity contribution is 6.09. The first-order valence-corrected chi connectivity index (χ1v) is 13.1. The van der Waals surface area contributed by atoms with Gasteiger partial charge in [0.1, 0.15) is 17.3 Å². The fourth-order valence-electron chi connectivity index (χ4n) is 4.90. The predicted octanol–water partition coefficient (Wildman–Crippen LogP) is 3.13. The van der Waals surface area contributed by atoms with Crippen molar-refractivity contribution in [3.8, 4) is 17.1 Å². The van der Waals surface area contributed by atoms with Crippen LogP contribution in [0.1, 0.15) is 52.1 Å². The minimum atomic E-state index is -0.674. The summed E-state index contributed by atoms with van der Waals surface area (Å²) in [6.45, 7) is 2.74. The molecule has 5 rings (SSSR count). The van der Waals surface area contributed by atoms with E-state index in [2.05, 4.69) is 10.1 Å². The maximum atomic E-state index is 13.8. The summed E-state index contributed by atoms with van der Waals surface area (Å²) in [7, 11) is 3.35. The van der Waals surface area contributed by atoms with E-state index >= 15 is 0 Å². The monoisotopic (exact) mass is 541 g/mol. The van der Waals surface area contributed by atoms with Gasteiger partial charge >= 0.3 is 0 Å². The molecule has 0 aliphatic carbocycles. The summed E-state index contributed by atoms with van der Waals surface area (Å²) in [5.41, 5.74) is 8.76. The van der Waals surface area contributed by atoms with Crippen LogP contribution in [0.2, 0.25) is 0 Å². The van der Waals surface area contributed by atoms with Crippen LogP contribution in [0.25, 0.3) is 11.4 Å². The third kappa shape index (κ3) is 4.93. The summed E-state index contributed by atoms with van der Waals surface area (Å²) < 4.78 is 8.64. The van der Waals surface area contributed by atoms with E-state index in [9.17, 15) is 14.4 Å². The molecule has 1 aliphatic rings. The minimum Gasteiger partial charge on any atom is -0.497 e. The Morgan fingerprint density at radius 3 is 2.38 bits per heavy atom. The molecule has 2 N–H and O–H groups in total. The molecule has 1 aliphatic heterocycles. The number of methoxy groups -OCH3 is 1. The molecule has 11 heteroatoms. The Hall–Kier alpha value is -4.93. The molecule has 2 aromatic heterocycles. The van der Waals surface area contributed by atoms with Gasteiger partial charge in [0, 0.05) is 49.3 Å². The van der Waals surface area contributed by atoms with Crippen molar-refractivity contribution in [2.45, 2.75) is 32.7 Å². The van der Waals surface area contributed by atoms with Crippen molar-refractivity contribution in [1.29, 1.82) is 0 Å². The van der Waals surface area contributed by atoms with E-state index in [1.807, 2.05) is 42.0 Å². The SMILES string of the molecule is CCCC(=O)N(C)Cc1nccn1-c1ccc(N2CCc3c(C(N)=O)nn(-c4ccc(OC)cc4)c3C2=O)cc1. The molecule has 0 saturated heterocycles. The highest BCUT2D eigenvalue weighted by Gasteiger charge is 2.34. The van der Waals surface area contributed by atoms with E-state index in [0.717, 1.165) is 17.9 Å². The number of imidazole rings is 1. The predicted molar refractivity (Wildman–Crippen MR) is 149 cm³/mol. The molecule has 11 nitrogen and oxygen atoms in total. The Bertz CT molecular complexity index is 1550. The van der Waals surface area contributed by atoms with Crippen molar-refractivity contribution in [3.05, 3.63) is 83.7 Å². The summed E-state index contributed by atoms with van der Waals surface area (Å²) in [6, 6.07) is 14.6. The third-order valence-corrected chi connectivity index (χ3v) is 6.99. The molecule has 4 aromatic rings. The summed E-state index contributed by atoms with van der Waals surface area (Å²) in [5, 5.41) is 4.42. The number of benzene rings is 2. The van der Waals surface area contributed by atoms with Gasteiger partial charge in [0.2, 0.25) is 5.91 Å². The zero-order valence-corrected chi connectivity index (χ0v) is 22.7. The van der Waals surface area contributed by atoms with Crippen LogP contribution in [0.3, 0.4) is 0 Å². The molecule has 2 aromatic carbocycles. The van der Waals surface area contributed by atoms with Gasteiger partial charge in [-0.1, -0.05) is 6.92 Å². The summed E-state index contributed by atoms with van der Waals surface area (Å²) >= 11 is 0. The number of ether oxygens (including phenoxy) is 1. The van der Waals surface area contributed by atoms with Crippen molar-refractivity contribution < 1.29 is 19.1 Å². The second-order valence-electron chi connectivity index (χ2n) is 9.59. The number of carbonyl (C=O) groups is 3. The van der Waals surface area contributed by atoms with Gasteiger partial charge in [-0.15, -0.1) is 0 Å². The van der Waals surface area contributed by atoms with Gasteiger partial charge in [0.25, 0.3) is 11.8 Å². The molecule has 0 spiro atoms. The normalized spacial score (nSPS) is 12.8. The first-order valence-electron chi connectivity index (χ1n) is 13.1. The third-order valence-electron chi connectivity index (χ3n) is 6.99. The average molecular weight is 542 g/mol. The number of hydrogen-bond acceptors (Lipinski definition) is 6. The Kier molecular flexibility index (Phi) is 7.37. The Labute approximate surface area is 231 Å². The van der Waals surface area contributed by atoms with Gasteiger partial charge in [0.05, 0.1) is 19.3 Å². The standard InChI is InChI=1S/C29H31N7O4/c1-4-5-25(37)33(2)18-24-31-15-17-34(24)19-6-8-20(9-7-19)35-16-14-23-26(28(30)38)32-36(27(23)29(35)39)21-10-12-22(40-3)13-11-21/h6-13,15,17H,4-5,14,16,18H2,1-3H3,(H2,30,38). The summed E-state index contributed by atoms with van der Waals surface area (Å²) in [5.74, 6) is 0.522. The zero-order valence-electron chi connectivity index (χ0n) is 22.7. The molecule has 0 saturated carbocycles. The van der Waals surface area contributed by atoms with E-state index in [-0.39, 0.29) is 17.5 Å². The smallest absolute Gasteiger partial charge is 0.277 e. The maximum absolute atomic E-state index is 13.8. The molecule has 206 valence electrons. The molecule has 0 bridgehead atoms. The van der Waals surface area contributed by atoms with Gasteiger partial charge in [-0.25, -0.2) is 9.67 Å². The Balaban J connectivity index is 1.42. The number of nitrogens with two attached hydrogens (primary N) is 1. The summed E-state index contributed by atoms with van der Waals surface area (Å²) in [4.78, 5) is 46.0. The van der Waals surface area contributed by atoms with E-state index < -0.39 is 5.91 Å². The fraction of sp³-hybridized carbons (Fsp3) is 0.276. The van der Waals surface area contributed by atoms with Crippen LogP contribution >= 0.6 is 0 Å². The molecule has 3 heterocycles. The zero-order chi connectivity index (χ0) is 28.4. The van der Waals surface area contributed by atoms with Crippen LogP contribution < -0.4 is 15.4 Å². The number of nitrogens with zero attached hydrogens (tertiary/aromatic N) is 6. The van der Waals surface area contributed by atoms with E-state index in [1.165, 1.54) is 4.68 Å². The Morgan fingerprint density at radius 1 is 1.05 bits per heavy atom. The topological polar surface area (TPSA) is 129 Å². The highest BCUT2D eigenvalue weighted by atomic mass is 16.5. The molecule has 0 fully saturated rings. The lowest BCUT2D eigenvalue weighted by molar-refractivity contribution is -0.130. The average Bonchev–Trinajstić information content (AvgIpc) is 3.59. The van der Waals surface area contributed by atoms with Crippen LogP contribution in [-0.2, 0) is 17.8 Å². The van der Waals surface area contributed by atoms with Crippen LogP contribution in [0.5, 0.6) is 5.75 Å². The first-order chi connectivity index (χ1) is 19.3. The molecular formula is C29H31N7O4. The lowest BCUT2D eigenvalue weighted by atomic mass is 10.0. The van der Waals surface area contributed by atoms with Crippen LogP contribution in [0.15, 0.2) is 60.9 Å². The number of aromatic nitrogens is 4. The lowest BCUT2D eigenvalue weighted by Gasteiger charge is -2.28. The molecule has 40 heavy (non-hydrogen) atoms. The van der Waals surface area contributed by atoms with Gasteiger partial charge < -0.3 is 24.8 Å². The number of fused-ring (bicyclic) bond motifs is 1. The van der Waals surface area contributed by atoms with Gasteiger partial charge in [-0.05, 0) is 61.4 Å². The van der Waals surface area contributed by atoms with Crippen LogP contribution in [-0.4, -0.2) is 62.7 Å². The van der Waals surface area contributed by atoms with Gasteiger partial charge in [0.15, 0.2) is 5.69 Å². The van der Waals surface area contributed by atoms with E-state index in [1.54, 1.807) is 54.4 Å². The van der Waals surface area contributed by atoms with Gasteiger partial charge in [-0.3, -0.25) is 14.4 Å². The molecule has 0 radical (unpaired) electrons. The number of primary amides is 1. The number of hydrogen-bond donors (Lipinski definition) is 1. The largest absolute Gasteiger partial charge is 0.497 e. The number of anilines is 1. The van der Waals surface area contributed by atoms with Crippen molar-refractivity contribution in [3.63, 3.8) is 0 Å². The van der Waals surface area contributed by atoms with Crippen LogP contribution in [0.4, 0.5) is 5.69 Å². The second kappa shape index (κ2) is 11.0. The molecule has 0 unspecified atom stereocenters. The second-order valence-corrected chi connectivity index (χ2v) is 9.59. The van der Waals surface area contributed by atoms with E-state index in [4.69, 9.17) is 10.5 Å². The van der Waals surface area contributed by atoms with Crippen molar-refractivity contribution in [1.82, 2.24) is 24.2 Å². The first kappa shape index (κ1) is 26.7. The van der Waals surface area contributed by atoms with Crippen LogP contribution in [0, 0.1) is 0 Å². The molecular weight excluding hydrogens is 510 g/mol. The molecule has 0 atom stereocenters. The van der Waals surface area contributed by atoms with Crippen molar-refractivity contribution in [2.75, 3.05) is 25.6 Å². The maximum Gasteiger partial charge on any atom is 0.277 e. The number of carbonyl (C=O) groups excluding carboxylic acids is 3. The molecule has 3 amide bonds. The fourth-order valence-corrected chi connectivity index (χ4v) is 4.90. The van der Waals surface area contributed by atoms with Gasteiger partial charge in [-0.2, -0.15) is 5.10 Å². The quantitative estimate of drug-likeness (QED) is 0.347. The van der Waals surface area contributed by atoms with E-state index in [0.29, 0.717) is 54.3 Å². The van der Waals surface area contributed by atoms with Crippen molar-refractivity contribution >= 4 is 23.4 Å². The number of amides is 3. The number of rotatable bonds is 9. The summed E-state index contributed by atoms with van der Waals surface area (Å²) in [6.07, 6.45) is 5.27. The van der Waals surface area contributed by atoms with Crippen molar-refractivity contribution in [2.24, 2.45) is 5.73 Å². The lowest BCUT2D eigenvalue weighted by Crippen LogP contribution is -2.39. The minimum absolute atomic E-state index is 0.0729. The highest BCUT2D eigenvalue weighted by Crippen LogP contribution is 2.30.